The van der Waals surface area contributed by atoms with Gasteiger partial charge >= 0.3 is 0 Å². The molecule has 0 unspecified atom stereocenters. The molecule has 0 fully saturated rings. The van der Waals surface area contributed by atoms with Crippen molar-refractivity contribution in [3.8, 4) is 11.5 Å². The van der Waals surface area contributed by atoms with E-state index in [1.54, 1.807) is 36.4 Å². The molecule has 4 aromatic rings. The fraction of sp³-hybridized carbons (Fsp3) is 0.0417. The van der Waals surface area contributed by atoms with Gasteiger partial charge in [0.25, 0.3) is 11.5 Å². The molecule has 0 saturated carbocycles. The van der Waals surface area contributed by atoms with Gasteiger partial charge in [-0.3, -0.25) is 9.59 Å². The molecule has 31 heavy (non-hydrogen) atoms. The number of nitrogens with one attached hydrogen (secondary N) is 1. The predicted octanol–water partition coefficient (Wildman–Crippen LogP) is 4.99. The lowest BCUT2D eigenvalue weighted by atomic mass is 10.2. The topological polar surface area (TPSA) is 73.2 Å². The molecule has 1 heterocycles. The lowest BCUT2D eigenvalue weighted by Gasteiger charge is -2.10. The SMILES string of the molecule is O=C(Nc1ccc(Oc2ccccc2Cl)cc1)c1ccc(=O)n(Cc2ccccc2)n1. The Balaban J connectivity index is 1.45. The van der Waals surface area contributed by atoms with Crippen LogP contribution < -0.4 is 15.6 Å². The van der Waals surface area contributed by atoms with Crippen LogP contribution in [0.15, 0.2) is 95.8 Å². The summed E-state index contributed by atoms with van der Waals surface area (Å²) in [5, 5.41) is 7.48. The van der Waals surface area contributed by atoms with Crippen molar-refractivity contribution in [2.75, 3.05) is 5.32 Å². The van der Waals surface area contributed by atoms with Crippen LogP contribution in [0.2, 0.25) is 5.02 Å². The Kier molecular flexibility index (Phi) is 6.10. The second-order valence-electron chi connectivity index (χ2n) is 6.71. The second-order valence-corrected chi connectivity index (χ2v) is 7.12. The highest BCUT2D eigenvalue weighted by molar-refractivity contribution is 6.32. The van der Waals surface area contributed by atoms with E-state index in [0.29, 0.717) is 22.2 Å². The van der Waals surface area contributed by atoms with E-state index in [-0.39, 0.29) is 17.8 Å². The van der Waals surface area contributed by atoms with E-state index >= 15 is 0 Å². The molecule has 0 aliphatic rings. The smallest absolute Gasteiger partial charge is 0.276 e. The van der Waals surface area contributed by atoms with Gasteiger partial charge in [0.15, 0.2) is 0 Å². The highest BCUT2D eigenvalue weighted by Gasteiger charge is 2.11. The summed E-state index contributed by atoms with van der Waals surface area (Å²) in [6.07, 6.45) is 0. The predicted molar refractivity (Wildman–Crippen MR) is 120 cm³/mol. The minimum Gasteiger partial charge on any atom is -0.456 e. The van der Waals surface area contributed by atoms with Gasteiger partial charge in [0.05, 0.1) is 11.6 Å². The number of amides is 1. The minimum absolute atomic E-state index is 0.145. The van der Waals surface area contributed by atoms with Crippen molar-refractivity contribution < 1.29 is 9.53 Å². The Bertz CT molecular complexity index is 1260. The Labute approximate surface area is 183 Å². The Morgan fingerprint density at radius 1 is 0.903 bits per heavy atom. The summed E-state index contributed by atoms with van der Waals surface area (Å²) in [6.45, 7) is 0.287. The molecule has 0 bridgehead atoms. The summed E-state index contributed by atoms with van der Waals surface area (Å²) in [5.74, 6) is 0.716. The first kappa shape index (κ1) is 20.4. The third-order valence-corrected chi connectivity index (χ3v) is 4.76. The van der Waals surface area contributed by atoms with Gasteiger partial charge in [0, 0.05) is 11.8 Å². The first-order valence-corrected chi connectivity index (χ1v) is 9.92. The normalized spacial score (nSPS) is 10.5. The van der Waals surface area contributed by atoms with E-state index in [2.05, 4.69) is 10.4 Å². The average molecular weight is 432 g/mol. The summed E-state index contributed by atoms with van der Waals surface area (Å²) in [5.41, 5.74) is 1.36. The van der Waals surface area contributed by atoms with Crippen LogP contribution in [0.4, 0.5) is 5.69 Å². The lowest BCUT2D eigenvalue weighted by molar-refractivity contribution is 0.102. The van der Waals surface area contributed by atoms with Crippen molar-refractivity contribution in [3.63, 3.8) is 0 Å². The number of aromatic nitrogens is 2. The van der Waals surface area contributed by atoms with Crippen LogP contribution in [-0.2, 0) is 6.54 Å². The van der Waals surface area contributed by atoms with Crippen LogP contribution in [0.25, 0.3) is 0 Å². The van der Waals surface area contributed by atoms with Gasteiger partial charge < -0.3 is 10.1 Å². The van der Waals surface area contributed by atoms with Gasteiger partial charge in [-0.25, -0.2) is 4.68 Å². The highest BCUT2D eigenvalue weighted by Crippen LogP contribution is 2.29. The molecule has 154 valence electrons. The van der Waals surface area contributed by atoms with Crippen LogP contribution >= 0.6 is 11.6 Å². The molecule has 0 saturated heterocycles. The zero-order valence-corrected chi connectivity index (χ0v) is 17.1. The number of ether oxygens (including phenoxy) is 1. The van der Waals surface area contributed by atoms with Crippen molar-refractivity contribution in [2.24, 2.45) is 0 Å². The van der Waals surface area contributed by atoms with E-state index in [1.165, 1.54) is 16.8 Å². The van der Waals surface area contributed by atoms with Crippen molar-refractivity contribution in [1.29, 1.82) is 0 Å². The summed E-state index contributed by atoms with van der Waals surface area (Å²) >= 11 is 6.10. The number of nitrogens with zero attached hydrogens (tertiary/aromatic N) is 2. The third-order valence-electron chi connectivity index (χ3n) is 4.45. The second kappa shape index (κ2) is 9.28. The monoisotopic (exact) mass is 431 g/mol. The molecule has 3 aromatic carbocycles. The van der Waals surface area contributed by atoms with Crippen molar-refractivity contribution in [3.05, 3.63) is 118 Å². The van der Waals surface area contributed by atoms with Gasteiger partial charge in [-0.15, -0.1) is 0 Å². The van der Waals surface area contributed by atoms with Crippen LogP contribution in [0.5, 0.6) is 11.5 Å². The molecule has 0 aliphatic carbocycles. The van der Waals surface area contributed by atoms with E-state index in [1.807, 2.05) is 42.5 Å². The number of hydrogen-bond acceptors (Lipinski definition) is 4. The van der Waals surface area contributed by atoms with Crippen LogP contribution in [0.1, 0.15) is 16.1 Å². The minimum atomic E-state index is -0.415. The van der Waals surface area contributed by atoms with Crippen LogP contribution in [0, 0.1) is 0 Å². The number of halogens is 1. The van der Waals surface area contributed by atoms with Gasteiger partial charge in [-0.2, -0.15) is 5.10 Å². The third kappa shape index (κ3) is 5.18. The van der Waals surface area contributed by atoms with E-state index in [0.717, 1.165) is 5.56 Å². The van der Waals surface area contributed by atoms with E-state index in [4.69, 9.17) is 16.3 Å². The number of carbonyl (C=O) groups is 1. The van der Waals surface area contributed by atoms with Gasteiger partial charge in [0.2, 0.25) is 0 Å². The molecule has 1 aromatic heterocycles. The van der Waals surface area contributed by atoms with Crippen LogP contribution in [0.3, 0.4) is 0 Å². The quantitative estimate of drug-likeness (QED) is 0.466. The molecule has 1 N–H and O–H groups in total. The molecule has 0 aliphatic heterocycles. The fourth-order valence-corrected chi connectivity index (χ4v) is 3.07. The molecule has 1 amide bonds. The van der Waals surface area contributed by atoms with Gasteiger partial charge in [-0.05, 0) is 48.0 Å². The van der Waals surface area contributed by atoms with Crippen molar-refractivity contribution in [2.45, 2.75) is 6.54 Å². The number of para-hydroxylation sites is 1. The van der Waals surface area contributed by atoms with Crippen molar-refractivity contribution >= 4 is 23.2 Å². The summed E-state index contributed by atoms with van der Waals surface area (Å²) in [6, 6.07) is 26.3. The summed E-state index contributed by atoms with van der Waals surface area (Å²) in [4.78, 5) is 24.7. The lowest BCUT2D eigenvalue weighted by Crippen LogP contribution is -2.26. The molecular weight excluding hydrogens is 414 g/mol. The molecule has 4 rings (SSSR count). The van der Waals surface area contributed by atoms with Gasteiger partial charge in [-0.1, -0.05) is 54.1 Å². The number of anilines is 1. The fourth-order valence-electron chi connectivity index (χ4n) is 2.90. The maximum Gasteiger partial charge on any atom is 0.276 e. The maximum absolute atomic E-state index is 12.6. The Hall–Kier alpha value is -3.90. The van der Waals surface area contributed by atoms with Crippen molar-refractivity contribution in [1.82, 2.24) is 9.78 Å². The van der Waals surface area contributed by atoms with Gasteiger partial charge in [0.1, 0.15) is 17.2 Å². The first-order chi connectivity index (χ1) is 15.1. The first-order valence-electron chi connectivity index (χ1n) is 9.54. The zero-order valence-electron chi connectivity index (χ0n) is 16.4. The highest BCUT2D eigenvalue weighted by atomic mass is 35.5. The van der Waals surface area contributed by atoms with E-state index < -0.39 is 5.91 Å². The molecule has 0 spiro atoms. The Morgan fingerprint density at radius 2 is 1.61 bits per heavy atom. The molecule has 0 atom stereocenters. The molecule has 6 nitrogen and oxygen atoms in total. The van der Waals surface area contributed by atoms with E-state index in [9.17, 15) is 9.59 Å². The average Bonchev–Trinajstić information content (AvgIpc) is 2.79. The summed E-state index contributed by atoms with van der Waals surface area (Å²) < 4.78 is 7.01. The number of carbonyl (C=O) groups excluding carboxylic acids is 1. The number of benzene rings is 3. The number of hydrogen-bond donors (Lipinski definition) is 1. The maximum atomic E-state index is 12.6. The van der Waals surface area contributed by atoms with Crippen LogP contribution in [-0.4, -0.2) is 15.7 Å². The standard InChI is InChI=1S/C24H18ClN3O3/c25-20-8-4-5-9-22(20)31-19-12-10-18(11-13-19)26-24(30)21-14-15-23(29)28(27-21)16-17-6-2-1-3-7-17/h1-15H,16H2,(H,26,30). The molecule has 7 heteroatoms. The Morgan fingerprint density at radius 3 is 2.35 bits per heavy atom. The summed E-state index contributed by atoms with van der Waals surface area (Å²) in [7, 11) is 0. The zero-order chi connectivity index (χ0) is 21.6. The number of rotatable bonds is 6. The molecule has 0 radical (unpaired) electrons. The molecular formula is C24H18ClN3O3. The largest absolute Gasteiger partial charge is 0.456 e.